The minimum Gasteiger partial charge on any atom is -0.385 e. The number of hydrogen-bond donors (Lipinski definition) is 1. The van der Waals surface area contributed by atoms with Gasteiger partial charge in [0.2, 0.25) is 0 Å². The Morgan fingerprint density at radius 3 is 2.52 bits per heavy atom. The van der Waals surface area contributed by atoms with Crippen molar-refractivity contribution < 1.29 is 9.47 Å². The minimum absolute atomic E-state index is 0.306. The van der Waals surface area contributed by atoms with Gasteiger partial charge in [0.25, 0.3) is 0 Å². The molecule has 0 aromatic heterocycles. The number of methoxy groups -OCH3 is 1. The third-order valence-corrected chi connectivity index (χ3v) is 4.87. The van der Waals surface area contributed by atoms with E-state index >= 15 is 0 Å². The lowest BCUT2D eigenvalue weighted by Gasteiger charge is -2.47. The molecule has 0 spiro atoms. The second-order valence-corrected chi connectivity index (χ2v) is 6.24. The Hall–Kier alpha value is -0.160. The van der Waals surface area contributed by atoms with Gasteiger partial charge in [-0.1, -0.05) is 27.2 Å². The van der Waals surface area contributed by atoms with Crippen molar-refractivity contribution in [1.82, 2.24) is 10.2 Å². The lowest BCUT2D eigenvalue weighted by Crippen LogP contribution is -2.64. The fourth-order valence-corrected chi connectivity index (χ4v) is 3.23. The SMILES string of the molecule is CCCC1CNC(CC)(CC)CN1CCOCCCOC. The van der Waals surface area contributed by atoms with E-state index < -0.39 is 0 Å². The summed E-state index contributed by atoms with van der Waals surface area (Å²) in [4.78, 5) is 2.66. The van der Waals surface area contributed by atoms with Crippen molar-refractivity contribution in [2.45, 2.75) is 64.5 Å². The van der Waals surface area contributed by atoms with E-state index in [0.29, 0.717) is 11.6 Å². The molecule has 0 radical (unpaired) electrons. The van der Waals surface area contributed by atoms with Crippen LogP contribution < -0.4 is 5.32 Å². The van der Waals surface area contributed by atoms with Crippen molar-refractivity contribution >= 4 is 0 Å². The topological polar surface area (TPSA) is 33.7 Å². The maximum absolute atomic E-state index is 5.76. The van der Waals surface area contributed by atoms with E-state index in [1.807, 2.05) is 0 Å². The zero-order valence-electron chi connectivity index (χ0n) is 14.6. The van der Waals surface area contributed by atoms with E-state index in [1.165, 1.54) is 25.7 Å². The highest BCUT2D eigenvalue weighted by Crippen LogP contribution is 2.24. The van der Waals surface area contributed by atoms with Gasteiger partial charge >= 0.3 is 0 Å². The van der Waals surface area contributed by atoms with Crippen LogP contribution in [-0.2, 0) is 9.47 Å². The third-order valence-electron chi connectivity index (χ3n) is 4.87. The van der Waals surface area contributed by atoms with Crippen LogP contribution in [0.25, 0.3) is 0 Å². The molecule has 0 amide bonds. The second-order valence-electron chi connectivity index (χ2n) is 6.24. The number of rotatable bonds is 11. The van der Waals surface area contributed by atoms with Gasteiger partial charge in [0.15, 0.2) is 0 Å². The van der Waals surface area contributed by atoms with Gasteiger partial charge in [-0.05, 0) is 25.7 Å². The standard InChI is InChI=1S/C17H36N2O2/c1-5-9-16-14-18-17(6-2,7-3)15-19(16)10-13-21-12-8-11-20-4/h16,18H,5-15H2,1-4H3. The minimum atomic E-state index is 0.306. The van der Waals surface area contributed by atoms with Gasteiger partial charge in [0.1, 0.15) is 0 Å². The quantitative estimate of drug-likeness (QED) is 0.595. The van der Waals surface area contributed by atoms with Crippen molar-refractivity contribution in [3.8, 4) is 0 Å². The molecule has 1 saturated heterocycles. The van der Waals surface area contributed by atoms with Crippen LogP contribution in [0.1, 0.15) is 52.9 Å². The van der Waals surface area contributed by atoms with Crippen LogP contribution >= 0.6 is 0 Å². The molecule has 1 atom stereocenters. The molecule has 1 rings (SSSR count). The number of nitrogens with zero attached hydrogens (tertiary/aromatic N) is 1. The van der Waals surface area contributed by atoms with Crippen LogP contribution in [0.15, 0.2) is 0 Å². The largest absolute Gasteiger partial charge is 0.385 e. The summed E-state index contributed by atoms with van der Waals surface area (Å²) in [5.74, 6) is 0. The van der Waals surface area contributed by atoms with Crippen LogP contribution in [0.5, 0.6) is 0 Å². The number of ether oxygens (including phenoxy) is 2. The van der Waals surface area contributed by atoms with Gasteiger partial charge in [0.05, 0.1) is 6.61 Å². The molecule has 4 heteroatoms. The Balaban J connectivity index is 2.40. The fraction of sp³-hybridized carbons (Fsp3) is 1.00. The maximum Gasteiger partial charge on any atom is 0.0593 e. The van der Waals surface area contributed by atoms with Gasteiger partial charge < -0.3 is 14.8 Å². The molecular formula is C17H36N2O2. The normalized spacial score (nSPS) is 22.6. The van der Waals surface area contributed by atoms with E-state index in [0.717, 1.165) is 45.9 Å². The van der Waals surface area contributed by atoms with Gasteiger partial charge in [0, 0.05) is 51.5 Å². The Labute approximate surface area is 131 Å². The summed E-state index contributed by atoms with van der Waals surface area (Å²) in [6, 6.07) is 0.670. The Kier molecular flexibility index (Phi) is 9.49. The Morgan fingerprint density at radius 1 is 1.14 bits per heavy atom. The van der Waals surface area contributed by atoms with Gasteiger partial charge in [-0.15, -0.1) is 0 Å². The third kappa shape index (κ3) is 6.23. The number of nitrogens with one attached hydrogen (secondary N) is 1. The summed E-state index contributed by atoms with van der Waals surface area (Å²) in [5.41, 5.74) is 0.306. The summed E-state index contributed by atoms with van der Waals surface area (Å²) in [6.45, 7) is 12.7. The van der Waals surface area contributed by atoms with Crippen molar-refractivity contribution in [3.05, 3.63) is 0 Å². The molecule has 0 bridgehead atoms. The average molecular weight is 300 g/mol. The molecule has 126 valence electrons. The Morgan fingerprint density at radius 2 is 1.90 bits per heavy atom. The van der Waals surface area contributed by atoms with E-state index in [9.17, 15) is 0 Å². The number of hydrogen-bond acceptors (Lipinski definition) is 4. The van der Waals surface area contributed by atoms with Crippen LogP contribution in [0, 0.1) is 0 Å². The molecule has 1 aliphatic rings. The molecule has 1 aliphatic heterocycles. The highest BCUT2D eigenvalue weighted by molar-refractivity contribution is 4.96. The summed E-state index contributed by atoms with van der Waals surface area (Å²) in [5, 5.41) is 3.82. The predicted molar refractivity (Wildman–Crippen MR) is 88.9 cm³/mol. The van der Waals surface area contributed by atoms with Crippen LogP contribution in [-0.4, -0.2) is 63.0 Å². The molecule has 4 nitrogen and oxygen atoms in total. The zero-order valence-corrected chi connectivity index (χ0v) is 14.6. The van der Waals surface area contributed by atoms with Crippen LogP contribution in [0.2, 0.25) is 0 Å². The smallest absolute Gasteiger partial charge is 0.0593 e. The van der Waals surface area contributed by atoms with Crippen molar-refractivity contribution in [1.29, 1.82) is 0 Å². The highest BCUT2D eigenvalue weighted by atomic mass is 16.5. The predicted octanol–water partition coefficient (Wildman–Crippen LogP) is 2.67. The second kappa shape index (κ2) is 10.5. The molecule has 1 unspecified atom stereocenters. The first-order valence-electron chi connectivity index (χ1n) is 8.77. The molecule has 0 saturated carbocycles. The molecule has 1 fully saturated rings. The molecular weight excluding hydrogens is 264 g/mol. The first-order valence-corrected chi connectivity index (χ1v) is 8.77. The first kappa shape index (κ1) is 18.9. The summed E-state index contributed by atoms with van der Waals surface area (Å²) < 4.78 is 10.8. The van der Waals surface area contributed by atoms with Crippen molar-refractivity contribution in [3.63, 3.8) is 0 Å². The number of piperazine rings is 1. The average Bonchev–Trinajstić information content (AvgIpc) is 2.52. The van der Waals surface area contributed by atoms with Gasteiger partial charge in [-0.2, -0.15) is 0 Å². The van der Waals surface area contributed by atoms with Crippen molar-refractivity contribution in [2.24, 2.45) is 0 Å². The van der Waals surface area contributed by atoms with E-state index in [2.05, 4.69) is 31.0 Å². The molecule has 1 heterocycles. The molecule has 0 aliphatic carbocycles. The van der Waals surface area contributed by atoms with Crippen LogP contribution in [0.4, 0.5) is 0 Å². The van der Waals surface area contributed by atoms with E-state index in [-0.39, 0.29) is 0 Å². The molecule has 21 heavy (non-hydrogen) atoms. The fourth-order valence-electron chi connectivity index (χ4n) is 3.23. The monoisotopic (exact) mass is 300 g/mol. The zero-order chi connectivity index (χ0) is 15.6. The lowest BCUT2D eigenvalue weighted by molar-refractivity contribution is 0.0301. The van der Waals surface area contributed by atoms with Gasteiger partial charge in [-0.3, -0.25) is 4.90 Å². The van der Waals surface area contributed by atoms with Crippen LogP contribution in [0.3, 0.4) is 0 Å². The highest BCUT2D eigenvalue weighted by Gasteiger charge is 2.35. The molecule has 1 N–H and O–H groups in total. The van der Waals surface area contributed by atoms with Gasteiger partial charge in [-0.25, -0.2) is 0 Å². The summed E-state index contributed by atoms with van der Waals surface area (Å²) in [6.07, 6.45) is 5.92. The molecule has 0 aromatic rings. The maximum atomic E-state index is 5.76. The van der Waals surface area contributed by atoms with E-state index in [4.69, 9.17) is 9.47 Å². The summed E-state index contributed by atoms with van der Waals surface area (Å²) in [7, 11) is 1.74. The van der Waals surface area contributed by atoms with Crippen molar-refractivity contribution in [2.75, 3.05) is 46.6 Å². The molecule has 0 aromatic carbocycles. The Bertz CT molecular complexity index is 257. The van der Waals surface area contributed by atoms with E-state index in [1.54, 1.807) is 7.11 Å². The first-order chi connectivity index (χ1) is 10.2. The lowest BCUT2D eigenvalue weighted by atomic mass is 9.88. The summed E-state index contributed by atoms with van der Waals surface area (Å²) >= 11 is 0.